The molecule has 0 saturated carbocycles. The lowest BCUT2D eigenvalue weighted by Crippen LogP contribution is -2.71. The Morgan fingerprint density at radius 1 is 0.297 bits per heavy atom. The molecule has 0 bridgehead atoms. The summed E-state index contributed by atoms with van der Waals surface area (Å²) >= 11 is 0. The molecule has 7 fully saturated rings. The number of hydrogen-bond donors (Lipinski definition) is 23. The molecule has 43 heteroatoms. The Morgan fingerprint density at radius 2 is 0.549 bits per heavy atom. The van der Waals surface area contributed by atoms with Gasteiger partial charge in [-0.15, -0.1) is 0 Å². The summed E-state index contributed by atoms with van der Waals surface area (Å²) in [6.45, 7) is -0.881. The first-order valence-corrected chi connectivity index (χ1v) is 27.6. The van der Waals surface area contributed by atoms with Gasteiger partial charge in [-0.3, -0.25) is 14.4 Å². The van der Waals surface area contributed by atoms with Crippen molar-refractivity contribution >= 4 is 41.6 Å². The smallest absolute Gasteiger partial charge is 0.335 e. The Balaban J connectivity index is 1.12. The first-order valence-electron chi connectivity index (χ1n) is 27.6. The molecule has 7 aliphatic rings. The van der Waals surface area contributed by atoms with E-state index in [1.807, 2.05) is 0 Å². The number of hydrogen-bond acceptors (Lipinski definition) is 36. The number of amides is 3. The van der Waals surface area contributed by atoms with E-state index >= 15 is 0 Å². The highest BCUT2D eigenvalue weighted by Crippen LogP contribution is 2.38. The molecule has 0 aliphatic carbocycles. The number of ether oxygens (including phenoxy) is 13. The number of aliphatic hydroxyl groups is 16. The summed E-state index contributed by atoms with van der Waals surface area (Å²) < 4.78 is 72.5. The van der Waals surface area contributed by atoms with Crippen molar-refractivity contribution in [1.29, 1.82) is 0 Å². The molecule has 23 N–H and O–H groups in total. The van der Waals surface area contributed by atoms with Crippen molar-refractivity contribution < 1.29 is 197 Å². The maximum Gasteiger partial charge on any atom is 0.335 e. The Hall–Kier alpha value is -4.87. The highest BCUT2D eigenvalue weighted by atomic mass is 16.8. The fourth-order valence-electron chi connectivity index (χ4n) is 11.1. The molecule has 0 aromatic rings. The minimum atomic E-state index is -2.59. The number of nitrogens with one attached hydrogen (secondary N) is 3. The van der Waals surface area contributed by atoms with Crippen LogP contribution >= 0.6 is 0 Å². The van der Waals surface area contributed by atoms with Crippen LogP contribution in [0.25, 0.3) is 0 Å². The standard InChI is InChI=1S/C48H73N3O40/c1-7(55)49-13-28(83-46-25(67)19(61)20(62)34(89-46)38(70)71)16(58)10(4-52)80-44(13)87-32-22(64)27(69)48(91-36(32)40(74)75)85-30-15(51-9(3)57)45(81-12(6-54)18(30)60)88-33-23(65)26(68)47(90-37(33)41(76)77)84-29-14(50-8(2)56)43(79-11(5-53)17(29)59)86-31-21(63)24(66)42(78)82-35(31)39(72)73/h10-37,42-48,52-54,58-69,78H,4-6H2,1-3H3,(H,49,55)(H,50,56)(H,51,57)(H,70,71)(H,72,73)(H,74,75)(H,76,77)/t10-,11-,12-,13-,14-,15-,16+,17+,18+,19+,20+,21-,22-,23-,24-,25-,26-,27-,28-,29-,30-,31+,32+,33+,34+,35+,36+,37+,42?,43+,44+,45+,46-,47-,48-/m1/s1. The second-order valence-corrected chi connectivity index (χ2v) is 21.9. The number of aliphatic hydroxyl groups excluding tert-OH is 16. The predicted molar refractivity (Wildman–Crippen MR) is 269 cm³/mol. The molecule has 35 atom stereocenters. The van der Waals surface area contributed by atoms with Crippen LogP contribution in [0, 0.1) is 0 Å². The van der Waals surface area contributed by atoms with Gasteiger partial charge in [0.25, 0.3) is 0 Å². The van der Waals surface area contributed by atoms with E-state index in [2.05, 4.69) is 16.0 Å². The van der Waals surface area contributed by atoms with Gasteiger partial charge in [0.05, 0.1) is 19.8 Å². The van der Waals surface area contributed by atoms with Gasteiger partial charge in [-0.2, -0.15) is 0 Å². The quantitative estimate of drug-likeness (QED) is 0.0479. The van der Waals surface area contributed by atoms with Crippen LogP contribution in [-0.4, -0.2) is 378 Å². The van der Waals surface area contributed by atoms with Gasteiger partial charge in [-0.25, -0.2) is 19.2 Å². The lowest BCUT2D eigenvalue weighted by molar-refractivity contribution is -0.379. The van der Waals surface area contributed by atoms with Gasteiger partial charge in [0, 0.05) is 20.8 Å². The zero-order valence-electron chi connectivity index (χ0n) is 47.4. The van der Waals surface area contributed by atoms with Gasteiger partial charge in [0.15, 0.2) is 68.4 Å². The van der Waals surface area contributed by atoms with Gasteiger partial charge >= 0.3 is 23.9 Å². The van der Waals surface area contributed by atoms with Crippen LogP contribution < -0.4 is 16.0 Å². The largest absolute Gasteiger partial charge is 0.479 e. The van der Waals surface area contributed by atoms with Crippen LogP contribution in [0.2, 0.25) is 0 Å². The van der Waals surface area contributed by atoms with Crippen molar-refractivity contribution in [2.75, 3.05) is 19.8 Å². The summed E-state index contributed by atoms with van der Waals surface area (Å²) in [6, 6.07) is -6.02. The van der Waals surface area contributed by atoms with Crippen molar-refractivity contribution in [3.8, 4) is 0 Å². The van der Waals surface area contributed by atoms with E-state index in [1.54, 1.807) is 0 Å². The van der Waals surface area contributed by atoms with Crippen LogP contribution in [0.15, 0.2) is 0 Å². The van der Waals surface area contributed by atoms with Crippen LogP contribution in [-0.2, 0) is 95.1 Å². The monoisotopic (exact) mass is 1330 g/mol. The average Bonchev–Trinajstić information content (AvgIpc) is 0.809. The molecule has 0 spiro atoms. The van der Waals surface area contributed by atoms with Gasteiger partial charge in [-0.1, -0.05) is 0 Å². The molecule has 91 heavy (non-hydrogen) atoms. The number of aliphatic carboxylic acids is 4. The van der Waals surface area contributed by atoms with Crippen molar-refractivity contribution in [2.24, 2.45) is 0 Å². The van der Waals surface area contributed by atoms with Gasteiger partial charge in [0.2, 0.25) is 17.7 Å². The number of carboxylic acids is 4. The SMILES string of the molecule is CC(=O)N[C@H]1[C@H](O[C@H]2[C@H](O)[C@@H](O)[C@H](O[C@H]3[C@@H](O)[C@@H](CO)O[C@@H](O[C@H]4[C@H](O)[C@@H](O)[C@H](O[C@H]5[C@@H](O)[C@@H](CO)O[C@@H](O[C@H]6[C@H](O)[C@@H](O)C(O)O[C@@H]6C(=O)O)[C@@H]5NC(C)=O)O[C@@H]4C(=O)O)[C@@H]3NC(C)=O)O[C@@H]2C(=O)O)O[C@H](CO)[C@H](O)[C@@H]1O[C@@H]1O[C@H](C(=O)O)[C@@H](O)[C@H](O)[C@H]1O. The zero-order chi connectivity index (χ0) is 67.7. The second kappa shape index (κ2) is 30.7. The Morgan fingerprint density at radius 3 is 0.824 bits per heavy atom. The van der Waals surface area contributed by atoms with Gasteiger partial charge in [-0.05, 0) is 0 Å². The summed E-state index contributed by atoms with van der Waals surface area (Å²) in [5.41, 5.74) is 0. The Bertz CT molecular complexity index is 2530. The lowest BCUT2D eigenvalue weighted by atomic mass is 9.93. The third kappa shape index (κ3) is 15.8. The van der Waals surface area contributed by atoms with Crippen LogP contribution in [0.4, 0.5) is 0 Å². The molecule has 7 rings (SSSR count). The molecular weight excluding hydrogens is 1260 g/mol. The summed E-state index contributed by atoms with van der Waals surface area (Å²) in [7, 11) is 0. The predicted octanol–water partition coefficient (Wildman–Crippen LogP) is -15.5. The number of rotatable bonds is 22. The molecule has 0 radical (unpaired) electrons. The van der Waals surface area contributed by atoms with Gasteiger partial charge in [0.1, 0.15) is 146 Å². The van der Waals surface area contributed by atoms with E-state index in [9.17, 15) is 136 Å². The molecule has 43 nitrogen and oxygen atoms in total. The molecule has 0 aromatic carbocycles. The molecule has 0 aromatic heterocycles. The molecule has 520 valence electrons. The minimum absolute atomic E-state index is 0.850. The molecule has 7 saturated heterocycles. The van der Waals surface area contributed by atoms with Crippen LogP contribution in [0.5, 0.6) is 0 Å². The van der Waals surface area contributed by atoms with E-state index < -0.39 is 276 Å². The van der Waals surface area contributed by atoms with Gasteiger partial charge < -0.3 is 180 Å². The zero-order valence-corrected chi connectivity index (χ0v) is 47.4. The highest BCUT2D eigenvalue weighted by Gasteiger charge is 2.61. The van der Waals surface area contributed by atoms with Crippen molar-refractivity contribution in [2.45, 2.75) is 236 Å². The number of carboxylic acid groups (broad SMARTS) is 4. The van der Waals surface area contributed by atoms with Crippen molar-refractivity contribution in [3.05, 3.63) is 0 Å². The average molecular weight is 1330 g/mol. The molecular formula is C48H73N3O40. The minimum Gasteiger partial charge on any atom is -0.479 e. The summed E-state index contributed by atoms with van der Waals surface area (Å²) in [5, 5.41) is 221. The first kappa shape index (κ1) is 73.5. The number of carbonyl (C=O) groups excluding carboxylic acids is 3. The third-order valence-electron chi connectivity index (χ3n) is 15.6. The van der Waals surface area contributed by atoms with Crippen LogP contribution in [0.1, 0.15) is 20.8 Å². The summed E-state index contributed by atoms with van der Waals surface area (Å²) in [5.74, 6) is -10.9. The molecule has 1 unspecified atom stereocenters. The normalized spacial score (nSPS) is 47.1. The Kier molecular flexibility index (Phi) is 24.8. The maximum atomic E-state index is 13.0. The molecule has 7 aliphatic heterocycles. The topological polar surface area (TPSA) is 680 Å². The molecule has 3 amide bonds. The maximum absolute atomic E-state index is 13.0. The van der Waals surface area contributed by atoms with E-state index in [1.165, 1.54) is 0 Å². The fourth-order valence-corrected chi connectivity index (χ4v) is 11.1. The highest BCUT2D eigenvalue weighted by molar-refractivity contribution is 5.76. The lowest BCUT2D eigenvalue weighted by Gasteiger charge is -2.51. The van der Waals surface area contributed by atoms with E-state index in [4.69, 9.17) is 61.6 Å². The fraction of sp³-hybridized carbons (Fsp3) is 0.854. The van der Waals surface area contributed by atoms with E-state index in [0.717, 1.165) is 20.8 Å². The second-order valence-electron chi connectivity index (χ2n) is 21.9. The number of carbonyl (C=O) groups is 7. The van der Waals surface area contributed by atoms with E-state index in [0.29, 0.717) is 0 Å². The van der Waals surface area contributed by atoms with E-state index in [-0.39, 0.29) is 0 Å². The Labute approximate surface area is 509 Å². The van der Waals surface area contributed by atoms with Crippen LogP contribution in [0.3, 0.4) is 0 Å². The summed E-state index contributed by atoms with van der Waals surface area (Å²) in [4.78, 5) is 88.1. The van der Waals surface area contributed by atoms with Crippen molar-refractivity contribution in [1.82, 2.24) is 16.0 Å². The first-order chi connectivity index (χ1) is 42.7. The van der Waals surface area contributed by atoms with Crippen molar-refractivity contribution in [3.63, 3.8) is 0 Å². The molecule has 7 heterocycles. The third-order valence-corrected chi connectivity index (χ3v) is 15.6. The summed E-state index contributed by atoms with van der Waals surface area (Å²) in [6.07, 6.45) is -73.1.